The zero-order chi connectivity index (χ0) is 20.4. The fraction of sp³-hybridized carbons (Fsp3) is 0.250. The van der Waals surface area contributed by atoms with Gasteiger partial charge in [0.15, 0.2) is 0 Å². The van der Waals surface area contributed by atoms with E-state index in [1.54, 1.807) is 33.8 Å². The molecule has 1 fully saturated rings. The molecule has 1 aliphatic rings. The highest BCUT2D eigenvalue weighted by molar-refractivity contribution is 5.98. The molecule has 1 atom stereocenters. The van der Waals surface area contributed by atoms with E-state index in [1.807, 2.05) is 19.1 Å². The minimum Gasteiger partial charge on any atom is -0.347 e. The molecule has 0 radical (unpaired) electrons. The summed E-state index contributed by atoms with van der Waals surface area (Å²) in [5.41, 5.74) is 2.10. The second kappa shape index (κ2) is 7.78. The van der Waals surface area contributed by atoms with E-state index < -0.39 is 0 Å². The average molecular weight is 394 g/mol. The Hall–Kier alpha value is -3.62. The fourth-order valence-electron chi connectivity index (χ4n) is 3.27. The quantitative estimate of drug-likeness (QED) is 0.711. The van der Waals surface area contributed by atoms with Crippen LogP contribution in [0.15, 0.2) is 48.5 Å². The van der Waals surface area contributed by atoms with Crippen molar-refractivity contribution < 1.29 is 14.0 Å². The highest BCUT2D eigenvalue weighted by Crippen LogP contribution is 2.22. The maximum absolute atomic E-state index is 13.1. The summed E-state index contributed by atoms with van der Waals surface area (Å²) in [5, 5.41) is 14.2. The van der Waals surface area contributed by atoms with E-state index in [9.17, 15) is 14.0 Å². The standard InChI is InChI=1S/C20H19FN6O2/c1-13-23-24-25-27(13)11-14-2-4-15(5-3-14)20(29)22-17-10-19(28)26(12-17)18-8-6-16(21)7-9-18/h2-9,17H,10-12H2,1H3,(H,22,29)/t17-/m0/s1. The topological polar surface area (TPSA) is 93.0 Å². The summed E-state index contributed by atoms with van der Waals surface area (Å²) in [5.74, 6) is 0.00958. The van der Waals surface area contributed by atoms with Gasteiger partial charge in [0.25, 0.3) is 5.91 Å². The number of tetrazole rings is 1. The summed E-state index contributed by atoms with van der Waals surface area (Å²) < 4.78 is 14.8. The molecule has 3 aromatic rings. The van der Waals surface area contributed by atoms with Gasteiger partial charge in [-0.15, -0.1) is 5.10 Å². The molecule has 8 nitrogen and oxygen atoms in total. The van der Waals surface area contributed by atoms with Crippen LogP contribution in [0.4, 0.5) is 10.1 Å². The number of carbonyl (C=O) groups is 2. The van der Waals surface area contributed by atoms with Gasteiger partial charge in [0.2, 0.25) is 5.91 Å². The van der Waals surface area contributed by atoms with Gasteiger partial charge in [0.1, 0.15) is 11.6 Å². The normalized spacial score (nSPS) is 16.3. The van der Waals surface area contributed by atoms with Gasteiger partial charge < -0.3 is 10.2 Å². The molecule has 0 saturated carbocycles. The number of anilines is 1. The summed E-state index contributed by atoms with van der Waals surface area (Å²) in [6.07, 6.45) is 0.208. The number of amides is 2. The summed E-state index contributed by atoms with van der Waals surface area (Å²) in [4.78, 5) is 26.4. The Balaban J connectivity index is 1.37. The number of aromatic nitrogens is 4. The first-order valence-corrected chi connectivity index (χ1v) is 9.18. The van der Waals surface area contributed by atoms with E-state index in [1.165, 1.54) is 12.1 Å². The minimum atomic E-state index is -0.357. The third kappa shape index (κ3) is 4.13. The number of hydrogen-bond donors (Lipinski definition) is 1. The predicted molar refractivity (Wildman–Crippen MR) is 103 cm³/mol. The summed E-state index contributed by atoms with van der Waals surface area (Å²) in [6, 6.07) is 12.6. The van der Waals surface area contributed by atoms with Crippen LogP contribution in [0.1, 0.15) is 28.2 Å². The summed E-state index contributed by atoms with van der Waals surface area (Å²) in [6.45, 7) is 2.69. The lowest BCUT2D eigenvalue weighted by molar-refractivity contribution is -0.117. The van der Waals surface area contributed by atoms with Crippen molar-refractivity contribution in [2.45, 2.75) is 25.9 Å². The lowest BCUT2D eigenvalue weighted by atomic mass is 10.1. The Morgan fingerprint density at radius 2 is 1.90 bits per heavy atom. The van der Waals surface area contributed by atoms with Crippen LogP contribution in [-0.4, -0.2) is 44.6 Å². The van der Waals surface area contributed by atoms with Gasteiger partial charge in [0, 0.05) is 24.2 Å². The number of rotatable bonds is 5. The lowest BCUT2D eigenvalue weighted by Crippen LogP contribution is -2.37. The van der Waals surface area contributed by atoms with Crippen molar-refractivity contribution in [3.63, 3.8) is 0 Å². The molecular formula is C20H19FN6O2. The molecule has 2 aromatic carbocycles. The van der Waals surface area contributed by atoms with Crippen LogP contribution in [-0.2, 0) is 11.3 Å². The Morgan fingerprint density at radius 1 is 1.17 bits per heavy atom. The van der Waals surface area contributed by atoms with Crippen molar-refractivity contribution in [1.29, 1.82) is 0 Å². The van der Waals surface area contributed by atoms with Crippen LogP contribution in [0, 0.1) is 12.7 Å². The second-order valence-electron chi connectivity index (χ2n) is 6.94. The van der Waals surface area contributed by atoms with Crippen molar-refractivity contribution in [3.8, 4) is 0 Å². The van der Waals surface area contributed by atoms with E-state index in [0.29, 0.717) is 30.2 Å². The summed E-state index contributed by atoms with van der Waals surface area (Å²) in [7, 11) is 0. The molecular weight excluding hydrogens is 375 g/mol. The predicted octanol–water partition coefficient (Wildman–Crippen LogP) is 1.70. The van der Waals surface area contributed by atoms with Crippen molar-refractivity contribution in [2.24, 2.45) is 0 Å². The van der Waals surface area contributed by atoms with E-state index in [-0.39, 0.29) is 30.1 Å². The van der Waals surface area contributed by atoms with Crippen molar-refractivity contribution >= 4 is 17.5 Å². The van der Waals surface area contributed by atoms with Gasteiger partial charge in [-0.25, -0.2) is 9.07 Å². The molecule has 0 unspecified atom stereocenters. The number of benzene rings is 2. The van der Waals surface area contributed by atoms with Crippen LogP contribution in [0.5, 0.6) is 0 Å². The van der Waals surface area contributed by atoms with Crippen molar-refractivity contribution in [1.82, 2.24) is 25.5 Å². The molecule has 2 heterocycles. The molecule has 0 aliphatic carbocycles. The molecule has 29 heavy (non-hydrogen) atoms. The van der Waals surface area contributed by atoms with E-state index in [4.69, 9.17) is 0 Å². The van der Waals surface area contributed by atoms with Crippen molar-refractivity contribution in [2.75, 3.05) is 11.4 Å². The largest absolute Gasteiger partial charge is 0.347 e. The van der Waals surface area contributed by atoms with Gasteiger partial charge >= 0.3 is 0 Å². The van der Waals surface area contributed by atoms with Crippen LogP contribution < -0.4 is 10.2 Å². The van der Waals surface area contributed by atoms with Crippen LogP contribution >= 0.6 is 0 Å². The van der Waals surface area contributed by atoms with Gasteiger partial charge in [-0.05, 0) is 59.3 Å². The molecule has 0 bridgehead atoms. The smallest absolute Gasteiger partial charge is 0.251 e. The van der Waals surface area contributed by atoms with Crippen LogP contribution in [0.2, 0.25) is 0 Å². The molecule has 1 N–H and O–H groups in total. The highest BCUT2D eigenvalue weighted by atomic mass is 19.1. The van der Waals surface area contributed by atoms with Crippen LogP contribution in [0.3, 0.4) is 0 Å². The Labute approximate surface area is 166 Å². The molecule has 1 aliphatic heterocycles. The van der Waals surface area contributed by atoms with Gasteiger partial charge in [-0.2, -0.15) is 0 Å². The fourth-order valence-corrected chi connectivity index (χ4v) is 3.27. The zero-order valence-electron chi connectivity index (χ0n) is 15.7. The average Bonchev–Trinajstić information content (AvgIpc) is 3.28. The van der Waals surface area contributed by atoms with Gasteiger partial charge in [-0.1, -0.05) is 12.1 Å². The monoisotopic (exact) mass is 394 g/mol. The van der Waals surface area contributed by atoms with E-state index in [2.05, 4.69) is 20.8 Å². The zero-order valence-corrected chi connectivity index (χ0v) is 15.7. The number of nitrogens with one attached hydrogen (secondary N) is 1. The first-order chi connectivity index (χ1) is 14.0. The van der Waals surface area contributed by atoms with E-state index in [0.717, 1.165) is 5.56 Å². The van der Waals surface area contributed by atoms with Gasteiger partial charge in [0.05, 0.1) is 12.6 Å². The third-order valence-electron chi connectivity index (χ3n) is 4.86. The van der Waals surface area contributed by atoms with Crippen molar-refractivity contribution in [3.05, 3.63) is 71.3 Å². The van der Waals surface area contributed by atoms with E-state index >= 15 is 0 Å². The lowest BCUT2D eigenvalue weighted by Gasteiger charge is -2.17. The Morgan fingerprint density at radius 3 is 2.55 bits per heavy atom. The van der Waals surface area contributed by atoms with Gasteiger partial charge in [-0.3, -0.25) is 9.59 Å². The highest BCUT2D eigenvalue weighted by Gasteiger charge is 2.31. The summed E-state index contributed by atoms with van der Waals surface area (Å²) >= 11 is 0. The number of carbonyl (C=O) groups excluding carboxylic acids is 2. The van der Waals surface area contributed by atoms with Crippen LogP contribution in [0.25, 0.3) is 0 Å². The Bertz CT molecular complexity index is 1030. The SMILES string of the molecule is Cc1nnnn1Cc1ccc(C(=O)N[C@H]2CC(=O)N(c3ccc(F)cc3)C2)cc1. The molecule has 1 saturated heterocycles. The first kappa shape index (κ1) is 18.7. The molecule has 2 amide bonds. The number of aryl methyl sites for hydroxylation is 1. The maximum atomic E-state index is 13.1. The Kier molecular flexibility index (Phi) is 5.03. The molecule has 9 heteroatoms. The minimum absolute atomic E-state index is 0.103. The second-order valence-corrected chi connectivity index (χ2v) is 6.94. The maximum Gasteiger partial charge on any atom is 0.251 e. The molecule has 148 valence electrons. The molecule has 1 aromatic heterocycles. The molecule has 0 spiro atoms. The third-order valence-corrected chi connectivity index (χ3v) is 4.86. The molecule has 4 rings (SSSR count). The number of halogens is 1. The number of nitrogens with zero attached hydrogens (tertiary/aromatic N) is 5. The first-order valence-electron chi connectivity index (χ1n) is 9.18. The number of hydrogen-bond acceptors (Lipinski definition) is 5.